The highest BCUT2D eigenvalue weighted by atomic mass is 16.5. The van der Waals surface area contributed by atoms with E-state index in [2.05, 4.69) is 5.32 Å². The van der Waals surface area contributed by atoms with Crippen molar-refractivity contribution in [1.29, 1.82) is 0 Å². The molecule has 0 bridgehead atoms. The third-order valence-electron chi connectivity index (χ3n) is 5.60. The molecule has 1 fully saturated rings. The minimum absolute atomic E-state index is 0.0391. The number of morpholine rings is 1. The summed E-state index contributed by atoms with van der Waals surface area (Å²) in [6.45, 7) is 2.21. The number of rotatable bonds is 6. The van der Waals surface area contributed by atoms with E-state index in [1.165, 1.54) is 0 Å². The van der Waals surface area contributed by atoms with Gasteiger partial charge in [-0.2, -0.15) is 0 Å². The summed E-state index contributed by atoms with van der Waals surface area (Å²) in [5.41, 5.74) is 1.51. The second-order valence-corrected chi connectivity index (χ2v) is 7.62. The Bertz CT molecular complexity index is 1060. The van der Waals surface area contributed by atoms with Crippen LogP contribution in [0.3, 0.4) is 0 Å². The number of carbonyl (C=O) groups is 2. The molecule has 0 radical (unpaired) electrons. The van der Waals surface area contributed by atoms with Gasteiger partial charge in [0, 0.05) is 31.5 Å². The van der Waals surface area contributed by atoms with E-state index < -0.39 is 6.04 Å². The van der Waals surface area contributed by atoms with Gasteiger partial charge in [-0.1, -0.05) is 60.7 Å². The van der Waals surface area contributed by atoms with E-state index in [1.807, 2.05) is 60.7 Å². The van der Waals surface area contributed by atoms with Crippen molar-refractivity contribution < 1.29 is 19.4 Å². The fraction of sp³-hybridized carbons (Fsp3) is 0.280. The predicted octanol–water partition coefficient (Wildman–Crippen LogP) is 3.39. The van der Waals surface area contributed by atoms with Crippen LogP contribution in [0.15, 0.2) is 66.7 Å². The summed E-state index contributed by atoms with van der Waals surface area (Å²) in [7, 11) is 0. The molecule has 0 aliphatic carbocycles. The number of hydrogen-bond donors (Lipinski definition) is 2. The summed E-state index contributed by atoms with van der Waals surface area (Å²) >= 11 is 0. The highest BCUT2D eigenvalue weighted by Crippen LogP contribution is 2.35. The van der Waals surface area contributed by atoms with E-state index in [9.17, 15) is 14.7 Å². The average Bonchev–Trinajstić information content (AvgIpc) is 2.82. The Morgan fingerprint density at radius 2 is 1.65 bits per heavy atom. The molecule has 31 heavy (non-hydrogen) atoms. The number of phenols is 1. The minimum atomic E-state index is -0.529. The molecular formula is C25H26N2O4. The number of ether oxygens (including phenoxy) is 1. The molecule has 1 aliphatic rings. The van der Waals surface area contributed by atoms with Gasteiger partial charge < -0.3 is 20.1 Å². The number of carbonyl (C=O) groups excluding carboxylic acids is 2. The van der Waals surface area contributed by atoms with Gasteiger partial charge in [-0.25, -0.2) is 0 Å². The number of nitrogens with one attached hydrogen (secondary N) is 1. The third-order valence-corrected chi connectivity index (χ3v) is 5.60. The van der Waals surface area contributed by atoms with Crippen LogP contribution in [0.25, 0.3) is 10.8 Å². The quantitative estimate of drug-likeness (QED) is 0.643. The van der Waals surface area contributed by atoms with Crippen LogP contribution in [0.1, 0.15) is 30.0 Å². The summed E-state index contributed by atoms with van der Waals surface area (Å²) in [5, 5.41) is 15.6. The van der Waals surface area contributed by atoms with Gasteiger partial charge in [-0.3, -0.25) is 9.59 Å². The number of benzene rings is 3. The smallest absolute Gasteiger partial charge is 0.223 e. The van der Waals surface area contributed by atoms with Crippen LogP contribution in [0.2, 0.25) is 0 Å². The zero-order valence-electron chi connectivity index (χ0n) is 17.3. The number of aromatic hydroxyl groups is 1. The van der Waals surface area contributed by atoms with Crippen LogP contribution in [-0.2, 0) is 14.3 Å². The van der Waals surface area contributed by atoms with Crippen molar-refractivity contribution in [2.75, 3.05) is 26.3 Å². The lowest BCUT2D eigenvalue weighted by atomic mass is 9.92. The van der Waals surface area contributed by atoms with Gasteiger partial charge in [0.25, 0.3) is 0 Å². The summed E-state index contributed by atoms with van der Waals surface area (Å²) < 4.78 is 5.28. The molecule has 0 saturated carbocycles. The van der Waals surface area contributed by atoms with Gasteiger partial charge in [-0.05, 0) is 22.4 Å². The van der Waals surface area contributed by atoms with Gasteiger partial charge in [-0.15, -0.1) is 0 Å². The molecule has 4 rings (SSSR count). The number of fused-ring (bicyclic) bond motifs is 1. The summed E-state index contributed by atoms with van der Waals surface area (Å²) in [6.07, 6.45) is 0.236. The molecule has 6 nitrogen and oxygen atoms in total. The van der Waals surface area contributed by atoms with Crippen molar-refractivity contribution in [1.82, 2.24) is 10.2 Å². The molecular weight excluding hydrogens is 392 g/mol. The lowest BCUT2D eigenvalue weighted by molar-refractivity contribution is -0.137. The molecule has 1 heterocycles. The van der Waals surface area contributed by atoms with E-state index >= 15 is 0 Å². The lowest BCUT2D eigenvalue weighted by Gasteiger charge is -2.27. The maximum absolute atomic E-state index is 12.8. The molecule has 0 spiro atoms. The van der Waals surface area contributed by atoms with Crippen molar-refractivity contribution >= 4 is 22.6 Å². The third kappa shape index (κ3) is 4.86. The summed E-state index contributed by atoms with van der Waals surface area (Å²) in [6, 6.07) is 20.3. The molecule has 6 heteroatoms. The molecule has 1 saturated heterocycles. The van der Waals surface area contributed by atoms with Crippen LogP contribution >= 0.6 is 0 Å². The normalized spacial score (nSPS) is 14.9. The van der Waals surface area contributed by atoms with E-state index in [1.54, 1.807) is 11.0 Å². The molecule has 1 atom stereocenters. The second-order valence-electron chi connectivity index (χ2n) is 7.62. The van der Waals surface area contributed by atoms with Gasteiger partial charge in [0.05, 0.1) is 19.3 Å². The molecule has 3 aromatic carbocycles. The zero-order valence-corrected chi connectivity index (χ0v) is 17.3. The summed E-state index contributed by atoms with van der Waals surface area (Å²) in [4.78, 5) is 27.0. The molecule has 0 unspecified atom stereocenters. The Balaban J connectivity index is 1.57. The minimum Gasteiger partial charge on any atom is -0.508 e. The zero-order chi connectivity index (χ0) is 21.6. The maximum atomic E-state index is 12.8. The Morgan fingerprint density at radius 1 is 0.935 bits per heavy atom. The average molecular weight is 418 g/mol. The first kappa shape index (κ1) is 20.9. The molecule has 2 N–H and O–H groups in total. The van der Waals surface area contributed by atoms with Gasteiger partial charge >= 0.3 is 0 Å². The van der Waals surface area contributed by atoms with Crippen molar-refractivity contribution in [3.8, 4) is 5.75 Å². The first-order valence-corrected chi connectivity index (χ1v) is 10.5. The summed E-state index contributed by atoms with van der Waals surface area (Å²) in [5.74, 6) is -0.150. The number of nitrogens with zero attached hydrogens (tertiary/aromatic N) is 1. The molecule has 2 amide bonds. The lowest BCUT2D eigenvalue weighted by Crippen LogP contribution is -2.41. The van der Waals surface area contributed by atoms with E-state index in [4.69, 9.17) is 4.74 Å². The van der Waals surface area contributed by atoms with Crippen molar-refractivity contribution in [3.05, 3.63) is 77.9 Å². The topological polar surface area (TPSA) is 78.9 Å². The van der Waals surface area contributed by atoms with Crippen molar-refractivity contribution in [2.45, 2.75) is 18.9 Å². The van der Waals surface area contributed by atoms with Crippen LogP contribution < -0.4 is 5.32 Å². The highest BCUT2D eigenvalue weighted by molar-refractivity contribution is 5.90. The maximum Gasteiger partial charge on any atom is 0.223 e. The standard InChI is InChI=1S/C25H26N2O4/c28-21-11-10-18-6-4-5-9-20(18)24(21)25(19-7-2-1-3-8-19)26-22(29)12-13-23(30)27-14-16-31-17-15-27/h1-11,25,28H,12-17H2,(H,26,29)/t25-/m1/s1. The van der Waals surface area contributed by atoms with Gasteiger partial charge in [0.2, 0.25) is 11.8 Å². The fourth-order valence-electron chi connectivity index (χ4n) is 3.98. The van der Waals surface area contributed by atoms with Gasteiger partial charge in [0.1, 0.15) is 5.75 Å². The number of amides is 2. The van der Waals surface area contributed by atoms with E-state index in [0.29, 0.717) is 31.9 Å². The number of phenolic OH excluding ortho intramolecular Hbond substituents is 1. The second kappa shape index (κ2) is 9.62. The predicted molar refractivity (Wildman–Crippen MR) is 119 cm³/mol. The molecule has 0 aromatic heterocycles. The molecule has 160 valence electrons. The Hall–Kier alpha value is -3.38. The van der Waals surface area contributed by atoms with Crippen molar-refractivity contribution in [2.24, 2.45) is 0 Å². The van der Waals surface area contributed by atoms with Crippen LogP contribution in [-0.4, -0.2) is 48.1 Å². The highest BCUT2D eigenvalue weighted by Gasteiger charge is 2.23. The van der Waals surface area contributed by atoms with Crippen LogP contribution in [0, 0.1) is 0 Å². The SMILES string of the molecule is O=C(CCC(=O)N1CCOCC1)N[C@H](c1ccccc1)c1c(O)ccc2ccccc12. The number of hydrogen-bond acceptors (Lipinski definition) is 4. The Kier molecular flexibility index (Phi) is 6.48. The van der Waals surface area contributed by atoms with Crippen molar-refractivity contribution in [3.63, 3.8) is 0 Å². The Labute approximate surface area is 181 Å². The monoisotopic (exact) mass is 418 g/mol. The van der Waals surface area contributed by atoms with E-state index in [-0.39, 0.29) is 30.4 Å². The first-order chi connectivity index (χ1) is 15.1. The fourth-order valence-corrected chi connectivity index (χ4v) is 3.98. The van der Waals surface area contributed by atoms with Crippen LogP contribution in [0.4, 0.5) is 0 Å². The molecule has 1 aliphatic heterocycles. The van der Waals surface area contributed by atoms with E-state index in [0.717, 1.165) is 16.3 Å². The van der Waals surface area contributed by atoms with Crippen LogP contribution in [0.5, 0.6) is 5.75 Å². The first-order valence-electron chi connectivity index (χ1n) is 10.5. The van der Waals surface area contributed by atoms with Gasteiger partial charge in [0.15, 0.2) is 0 Å². The Morgan fingerprint density at radius 3 is 2.42 bits per heavy atom. The molecule has 3 aromatic rings. The largest absolute Gasteiger partial charge is 0.508 e.